The second-order valence-electron chi connectivity index (χ2n) is 37.9. The van der Waals surface area contributed by atoms with E-state index in [2.05, 4.69) is 648 Å². The maximum Gasteiger partial charge on any atom is 0.0540 e. The molecule has 0 aliphatic rings. The van der Waals surface area contributed by atoms with Gasteiger partial charge in [0.05, 0.1) is 11.4 Å². The van der Waals surface area contributed by atoms with Crippen LogP contribution < -0.4 is 29.4 Å². The van der Waals surface area contributed by atoms with E-state index in [1.54, 1.807) is 0 Å². The Labute approximate surface area is 874 Å². The van der Waals surface area contributed by atoms with Crippen LogP contribution >= 0.6 is 0 Å². The van der Waals surface area contributed by atoms with Gasteiger partial charge in [0.25, 0.3) is 0 Å². The number of hydrogen-bond donors (Lipinski definition) is 0. The molecular weight excluding hydrogens is 1810 g/mol. The van der Waals surface area contributed by atoms with Crippen molar-refractivity contribution in [1.29, 1.82) is 0 Å². The Morgan fingerprint density at radius 1 is 0.0867 bits per heavy atom. The quantitative estimate of drug-likeness (QED) is 0.0663. The van der Waals surface area contributed by atoms with Gasteiger partial charge in [-0.05, 0) is 338 Å². The zero-order valence-corrected chi connectivity index (χ0v) is 82.6. The molecule has 0 saturated heterocycles. The van der Waals surface area contributed by atoms with Crippen molar-refractivity contribution >= 4 is 199 Å². The molecule has 0 unspecified atom stereocenters. The molecule has 0 aliphatic heterocycles. The predicted molar refractivity (Wildman–Crippen MR) is 641 cm³/mol. The lowest BCUT2D eigenvalue weighted by molar-refractivity contribution is 1.24. The Kier molecular flexibility index (Phi) is 25.2. The van der Waals surface area contributed by atoms with E-state index in [1.807, 2.05) is 0 Å². The van der Waals surface area contributed by atoms with Crippen LogP contribution in [-0.2, 0) is 0 Å². The first-order valence-electron chi connectivity index (χ1n) is 51.3. The van der Waals surface area contributed by atoms with E-state index in [0.29, 0.717) is 0 Å². The summed E-state index contributed by atoms with van der Waals surface area (Å²) in [6.45, 7) is 0. The van der Waals surface area contributed by atoms with E-state index in [-0.39, 0.29) is 0 Å². The fourth-order valence-corrected chi connectivity index (χ4v) is 21.6. The first-order chi connectivity index (χ1) is 74.4. The Balaban J connectivity index is 0.000000125. The van der Waals surface area contributed by atoms with E-state index < -0.39 is 0 Å². The number of rotatable bonds is 21. The van der Waals surface area contributed by atoms with E-state index in [4.69, 9.17) is 0 Å². The van der Waals surface area contributed by atoms with Crippen molar-refractivity contribution in [2.24, 2.45) is 0 Å². The molecule has 27 aromatic rings. The van der Waals surface area contributed by atoms with Crippen LogP contribution in [0.5, 0.6) is 0 Å². The van der Waals surface area contributed by atoms with Gasteiger partial charge in [-0.2, -0.15) is 0 Å². The molecule has 150 heavy (non-hydrogen) atoms. The second-order valence-corrected chi connectivity index (χ2v) is 37.9. The molecule has 6 heteroatoms. The topological polar surface area (TPSA) is 19.4 Å². The first-order valence-corrected chi connectivity index (χ1v) is 51.3. The molecule has 27 aromatic carbocycles. The summed E-state index contributed by atoms with van der Waals surface area (Å²) in [4.78, 5) is 14.0. The minimum absolute atomic E-state index is 1.04. The number of anilines is 18. The summed E-state index contributed by atoms with van der Waals surface area (Å²) in [7, 11) is 0. The average molecular weight is 1920 g/mol. The molecule has 0 spiro atoms. The van der Waals surface area contributed by atoms with Gasteiger partial charge in [-0.25, -0.2) is 0 Å². The minimum atomic E-state index is 1.04. The van der Waals surface area contributed by atoms with Crippen molar-refractivity contribution in [2.45, 2.75) is 0 Å². The monoisotopic (exact) mass is 1910 g/mol. The van der Waals surface area contributed by atoms with Gasteiger partial charge in [0, 0.05) is 102 Å². The van der Waals surface area contributed by atoms with Crippen LogP contribution in [0.1, 0.15) is 0 Å². The molecule has 708 valence electrons. The van der Waals surface area contributed by atoms with Gasteiger partial charge in [0.2, 0.25) is 0 Å². The van der Waals surface area contributed by atoms with Crippen LogP contribution in [0.3, 0.4) is 0 Å². The van der Waals surface area contributed by atoms with Crippen molar-refractivity contribution in [3.63, 3.8) is 0 Å². The van der Waals surface area contributed by atoms with E-state index in [0.717, 1.165) is 102 Å². The Morgan fingerprint density at radius 3 is 0.520 bits per heavy atom. The van der Waals surface area contributed by atoms with Crippen LogP contribution in [0.15, 0.2) is 619 Å². The summed E-state index contributed by atoms with van der Waals surface area (Å²) in [5.41, 5.74) is 27.2. The van der Waals surface area contributed by atoms with Crippen LogP contribution in [0.25, 0.3) is 130 Å². The number of nitrogens with zero attached hydrogens (tertiary/aromatic N) is 6. The van der Waals surface area contributed by atoms with Crippen molar-refractivity contribution in [2.75, 3.05) is 29.4 Å². The summed E-state index contributed by atoms with van der Waals surface area (Å²) in [5.74, 6) is 0. The van der Waals surface area contributed by atoms with Crippen LogP contribution in [0.4, 0.5) is 102 Å². The molecular formula is C144H102N6. The van der Waals surface area contributed by atoms with Crippen LogP contribution in [0.2, 0.25) is 0 Å². The third-order valence-electron chi connectivity index (χ3n) is 28.8. The van der Waals surface area contributed by atoms with Crippen molar-refractivity contribution < 1.29 is 0 Å². The second kappa shape index (κ2) is 41.4. The van der Waals surface area contributed by atoms with Gasteiger partial charge >= 0.3 is 0 Å². The van der Waals surface area contributed by atoms with Gasteiger partial charge < -0.3 is 29.4 Å². The van der Waals surface area contributed by atoms with Gasteiger partial charge in [0.15, 0.2) is 0 Å². The Bertz CT molecular complexity index is 8740. The first kappa shape index (κ1) is 91.3. The molecule has 0 heterocycles. The van der Waals surface area contributed by atoms with Crippen LogP contribution in [0, 0.1) is 0 Å². The maximum atomic E-state index is 2.35. The summed E-state index contributed by atoms with van der Waals surface area (Å²) in [5, 5.41) is 22.4. The molecule has 0 N–H and O–H groups in total. The van der Waals surface area contributed by atoms with E-state index in [1.165, 1.54) is 130 Å². The fraction of sp³-hybridized carbons (Fsp3) is 0. The molecule has 0 aromatic heterocycles. The molecule has 27 rings (SSSR count). The highest BCUT2D eigenvalue weighted by Gasteiger charge is 2.25. The number of benzene rings is 27. The third kappa shape index (κ3) is 18.5. The molecule has 0 bridgehead atoms. The smallest absolute Gasteiger partial charge is 0.0540 e. The normalized spacial score (nSPS) is 11.2. The number of para-hydroxylation sites is 5. The van der Waals surface area contributed by atoms with Crippen molar-refractivity contribution in [3.8, 4) is 33.4 Å². The molecule has 0 amide bonds. The van der Waals surface area contributed by atoms with Crippen molar-refractivity contribution in [1.82, 2.24) is 0 Å². The average Bonchev–Trinajstić information content (AvgIpc) is 0.728. The molecule has 0 atom stereocenters. The minimum Gasteiger partial charge on any atom is -0.310 e. The van der Waals surface area contributed by atoms with E-state index in [9.17, 15) is 0 Å². The number of fused-ring (bicyclic) bond motifs is 9. The molecule has 6 nitrogen and oxygen atoms in total. The van der Waals surface area contributed by atoms with Gasteiger partial charge in [0.1, 0.15) is 0 Å². The van der Waals surface area contributed by atoms with E-state index >= 15 is 0 Å². The Morgan fingerprint density at radius 2 is 0.253 bits per heavy atom. The summed E-state index contributed by atoms with van der Waals surface area (Å²) in [6.07, 6.45) is 0. The zero-order chi connectivity index (χ0) is 99.8. The van der Waals surface area contributed by atoms with Crippen LogP contribution in [-0.4, -0.2) is 0 Å². The molecule has 0 saturated carbocycles. The Hall–Kier alpha value is -19.9. The molecule has 0 aliphatic carbocycles. The van der Waals surface area contributed by atoms with Gasteiger partial charge in [-0.15, -0.1) is 0 Å². The van der Waals surface area contributed by atoms with Gasteiger partial charge in [-0.1, -0.05) is 400 Å². The summed E-state index contributed by atoms with van der Waals surface area (Å²) in [6, 6.07) is 222. The molecule has 0 radical (unpaired) electrons. The van der Waals surface area contributed by atoms with Gasteiger partial charge in [-0.3, -0.25) is 0 Å². The maximum absolute atomic E-state index is 2.35. The zero-order valence-electron chi connectivity index (χ0n) is 82.6. The lowest BCUT2D eigenvalue weighted by atomic mass is 9.85. The molecule has 0 fully saturated rings. The summed E-state index contributed by atoms with van der Waals surface area (Å²) < 4.78 is 0. The fourth-order valence-electron chi connectivity index (χ4n) is 21.6. The highest BCUT2D eigenvalue weighted by molar-refractivity contribution is 6.22. The SMILES string of the molecule is c1ccc(N(c2ccc(-c3ccc(N(c4ccccc4)c4cccc5ccccc45)cc3)cc2)c2cccc3ccccc23)cc1.c1ccc(N(c2ccc(N(c3ccc(N(c4ccccc4)c4ccc5ccccc5c4)cc3)c3ccc(N(c4ccccc4)c4ccc5ccccc5c4)cc3)cc2)c2ccc3ccccc3c2)cc1.c1ccc2cc(-c3c4ccccc4c(-c4ccc5ccccc5c4)c4ccccc34)ccc2c1. The van der Waals surface area contributed by atoms with Crippen molar-refractivity contribution in [3.05, 3.63) is 619 Å². The lowest BCUT2D eigenvalue weighted by Gasteiger charge is -2.30. The predicted octanol–water partition coefficient (Wildman–Crippen LogP) is 41.3. The lowest BCUT2D eigenvalue weighted by Crippen LogP contribution is -2.14. The number of hydrogen-bond acceptors (Lipinski definition) is 6. The standard InChI is InChI=1S/C66H48N4.C44H32N2.C34H22/c1-4-22-55(23-5-1)68(64-31-28-49-16-10-13-19-52(49)46-64)61-40-34-58(35-41-61)67(59-36-42-62(43-37-59)69(56-24-6-2-7-25-56)65-32-29-50-17-11-14-20-53(50)47-65)60-38-44-63(45-39-60)70(57-26-8-3-9-27-57)66-33-30-51-18-12-15-21-54(51)48-66;1-3-17-37(18-4-1)45(43-23-11-15-35-13-7-9-21-41(35)43)39-29-25-33(26-30-39)34-27-31-40(32-28-34)46(38-19-5-2-6-20-38)44-24-12-16-36-14-8-10-22-42(36)44;1-3-11-25-21-27(19-17-23(25)9-1)33-29-13-5-7-15-31(29)34(32-16-8-6-14-30(32)33)28-20-18-24-10-2-4-12-26(24)22-28/h1-48H;1-32H;1-22H. The highest BCUT2D eigenvalue weighted by Crippen LogP contribution is 2.50. The highest BCUT2D eigenvalue weighted by atomic mass is 15.2. The largest absolute Gasteiger partial charge is 0.310 e. The third-order valence-corrected chi connectivity index (χ3v) is 28.8. The summed E-state index contributed by atoms with van der Waals surface area (Å²) >= 11 is 0.